The molecule has 5 aliphatic rings. The molecular weight excluding hydrogens is 324 g/mol. The number of hydrogen-bond acceptors (Lipinski definition) is 3. The van der Waals surface area contributed by atoms with Crippen molar-refractivity contribution in [1.29, 1.82) is 0 Å². The van der Waals surface area contributed by atoms with E-state index in [1.54, 1.807) is 6.92 Å². The lowest BCUT2D eigenvalue weighted by Gasteiger charge is -2.57. The molecule has 5 fully saturated rings. The van der Waals surface area contributed by atoms with E-state index < -0.39 is 0 Å². The maximum Gasteiger partial charge on any atom is 0.302 e. The number of ether oxygens (including phenoxy) is 1. The van der Waals surface area contributed by atoms with Crippen LogP contribution in [0.25, 0.3) is 0 Å². The first-order valence-corrected chi connectivity index (χ1v) is 11.0. The first kappa shape index (κ1) is 17.3. The van der Waals surface area contributed by atoms with Crippen LogP contribution < -0.4 is 0 Å². The van der Waals surface area contributed by atoms with Gasteiger partial charge in [-0.1, -0.05) is 6.92 Å². The number of esters is 1. The molecule has 0 radical (unpaired) electrons. The van der Waals surface area contributed by atoms with Gasteiger partial charge in [0.1, 0.15) is 11.9 Å². The van der Waals surface area contributed by atoms with Crippen LogP contribution in [0.2, 0.25) is 0 Å². The van der Waals surface area contributed by atoms with Crippen LogP contribution in [0.3, 0.4) is 0 Å². The lowest BCUT2D eigenvalue weighted by molar-refractivity contribution is -0.153. The number of ketones is 1. The lowest BCUT2D eigenvalue weighted by atomic mass is 9.48. The average molecular weight is 359 g/mol. The Kier molecular flexibility index (Phi) is 3.70. The van der Waals surface area contributed by atoms with Crippen molar-refractivity contribution in [1.82, 2.24) is 0 Å². The van der Waals surface area contributed by atoms with E-state index in [9.17, 15) is 9.59 Å². The Labute approximate surface area is 157 Å². The fourth-order valence-electron chi connectivity index (χ4n) is 8.91. The summed E-state index contributed by atoms with van der Waals surface area (Å²) in [5.74, 6) is 5.18. The van der Waals surface area contributed by atoms with Crippen molar-refractivity contribution in [2.24, 2.45) is 46.3 Å². The summed E-state index contributed by atoms with van der Waals surface area (Å²) in [6.07, 6.45) is 11.3. The average Bonchev–Trinajstić information content (AvgIpc) is 3.27. The van der Waals surface area contributed by atoms with Crippen LogP contribution >= 0.6 is 0 Å². The molecule has 0 heterocycles. The first-order chi connectivity index (χ1) is 12.4. The Hall–Kier alpha value is -0.860. The zero-order valence-corrected chi connectivity index (χ0v) is 16.6. The SMILES string of the molecule is CC(=O)O[C@@H]1CC[C@H]2[C@H](CC[C@@H]3[C@@H]2CC[C@@]2(C)[C@H]3CC3C[C@]32C(C)=O)C1. The third-order valence-corrected chi connectivity index (χ3v) is 9.92. The molecule has 5 rings (SSSR count). The highest BCUT2D eigenvalue weighted by Crippen LogP contribution is 2.79. The van der Waals surface area contributed by atoms with Gasteiger partial charge >= 0.3 is 5.97 Å². The second-order valence-corrected chi connectivity index (χ2v) is 10.6. The molecule has 0 aliphatic heterocycles. The normalized spacial score (nSPS) is 54.3. The van der Waals surface area contributed by atoms with Gasteiger partial charge in [-0.3, -0.25) is 9.59 Å². The highest BCUT2D eigenvalue weighted by atomic mass is 16.5. The summed E-state index contributed by atoms with van der Waals surface area (Å²) >= 11 is 0. The van der Waals surface area contributed by atoms with Crippen molar-refractivity contribution in [2.45, 2.75) is 84.7 Å². The van der Waals surface area contributed by atoms with Crippen molar-refractivity contribution in [3.63, 3.8) is 0 Å². The first-order valence-electron chi connectivity index (χ1n) is 11.0. The van der Waals surface area contributed by atoms with Crippen molar-refractivity contribution < 1.29 is 14.3 Å². The molecule has 144 valence electrons. The Morgan fingerprint density at radius 1 is 0.923 bits per heavy atom. The molecule has 0 spiro atoms. The maximum absolute atomic E-state index is 12.5. The number of hydrogen-bond donors (Lipinski definition) is 0. The molecule has 3 heteroatoms. The maximum atomic E-state index is 12.5. The largest absolute Gasteiger partial charge is 0.463 e. The Balaban J connectivity index is 1.34. The van der Waals surface area contributed by atoms with Gasteiger partial charge in [0.25, 0.3) is 0 Å². The van der Waals surface area contributed by atoms with E-state index in [-0.39, 0.29) is 22.9 Å². The van der Waals surface area contributed by atoms with E-state index in [1.807, 2.05) is 6.92 Å². The van der Waals surface area contributed by atoms with E-state index >= 15 is 0 Å². The second-order valence-electron chi connectivity index (χ2n) is 10.6. The zero-order chi connectivity index (χ0) is 18.3. The zero-order valence-electron chi connectivity index (χ0n) is 16.6. The molecule has 9 atom stereocenters. The molecule has 0 aromatic carbocycles. The van der Waals surface area contributed by atoms with Gasteiger partial charge in [-0.2, -0.15) is 0 Å². The van der Waals surface area contributed by atoms with Crippen LogP contribution in [0.4, 0.5) is 0 Å². The van der Waals surface area contributed by atoms with Gasteiger partial charge in [-0.25, -0.2) is 0 Å². The topological polar surface area (TPSA) is 43.4 Å². The standard InChI is InChI=1S/C23H34O3/c1-13(24)23-12-16(23)11-21-20-6-4-15-10-17(26-14(2)25)5-7-18(15)19(20)8-9-22(21,23)3/h15-21H,4-12H2,1-3H3/t15-,16?,17-,18+,19-,20-,21+,22+,23+/m1/s1. The number of carbonyl (C=O) groups is 2. The molecule has 0 bridgehead atoms. The van der Waals surface area contributed by atoms with E-state index in [4.69, 9.17) is 4.74 Å². The molecule has 0 aromatic rings. The Morgan fingerprint density at radius 3 is 2.42 bits per heavy atom. The minimum Gasteiger partial charge on any atom is -0.463 e. The quantitative estimate of drug-likeness (QED) is 0.668. The molecule has 0 N–H and O–H groups in total. The van der Waals surface area contributed by atoms with Gasteiger partial charge in [0.2, 0.25) is 0 Å². The smallest absolute Gasteiger partial charge is 0.302 e. The lowest BCUT2D eigenvalue weighted by Crippen LogP contribution is -2.51. The van der Waals surface area contributed by atoms with Gasteiger partial charge in [0.15, 0.2) is 0 Å². The van der Waals surface area contributed by atoms with Gasteiger partial charge in [-0.15, -0.1) is 0 Å². The van der Waals surface area contributed by atoms with Crippen molar-refractivity contribution in [3.05, 3.63) is 0 Å². The number of rotatable bonds is 2. The summed E-state index contributed by atoms with van der Waals surface area (Å²) in [6, 6.07) is 0. The number of Topliss-reactive ketones (excluding diaryl/α,β-unsaturated/α-hetero) is 1. The molecule has 0 aromatic heterocycles. The summed E-state index contributed by atoms with van der Waals surface area (Å²) in [5.41, 5.74) is 0.346. The fourth-order valence-corrected chi connectivity index (χ4v) is 8.91. The van der Waals surface area contributed by atoms with Gasteiger partial charge in [-0.05, 0) is 106 Å². The van der Waals surface area contributed by atoms with Crippen LogP contribution in [0.5, 0.6) is 0 Å². The van der Waals surface area contributed by atoms with E-state index in [0.717, 1.165) is 42.4 Å². The van der Waals surface area contributed by atoms with Crippen LogP contribution in [-0.4, -0.2) is 17.9 Å². The Morgan fingerprint density at radius 2 is 1.69 bits per heavy atom. The summed E-state index contributed by atoms with van der Waals surface area (Å²) in [7, 11) is 0. The highest BCUT2D eigenvalue weighted by molar-refractivity contribution is 5.87. The van der Waals surface area contributed by atoms with Gasteiger partial charge in [0, 0.05) is 12.3 Å². The second kappa shape index (κ2) is 5.58. The van der Waals surface area contributed by atoms with Crippen LogP contribution in [0.1, 0.15) is 78.6 Å². The minimum absolute atomic E-state index is 0.0620. The minimum atomic E-state index is -0.115. The van der Waals surface area contributed by atoms with Gasteiger partial charge in [0.05, 0.1) is 0 Å². The monoisotopic (exact) mass is 358 g/mol. The number of carbonyl (C=O) groups excluding carboxylic acids is 2. The van der Waals surface area contributed by atoms with Crippen LogP contribution in [0, 0.1) is 46.3 Å². The van der Waals surface area contributed by atoms with Crippen LogP contribution in [0.15, 0.2) is 0 Å². The molecule has 5 aliphatic carbocycles. The molecular formula is C23H34O3. The van der Waals surface area contributed by atoms with E-state index in [1.165, 1.54) is 44.9 Å². The summed E-state index contributed by atoms with van der Waals surface area (Å²) in [4.78, 5) is 23.9. The molecule has 0 amide bonds. The Bertz CT molecular complexity index is 641. The van der Waals surface area contributed by atoms with Crippen molar-refractivity contribution >= 4 is 11.8 Å². The molecule has 1 unspecified atom stereocenters. The molecule has 0 saturated heterocycles. The van der Waals surface area contributed by atoms with Crippen LogP contribution in [-0.2, 0) is 14.3 Å². The predicted molar refractivity (Wildman–Crippen MR) is 99.3 cm³/mol. The van der Waals surface area contributed by atoms with E-state index in [2.05, 4.69) is 6.92 Å². The molecule has 3 nitrogen and oxygen atoms in total. The van der Waals surface area contributed by atoms with Crippen molar-refractivity contribution in [3.8, 4) is 0 Å². The van der Waals surface area contributed by atoms with Gasteiger partial charge < -0.3 is 4.74 Å². The molecule has 26 heavy (non-hydrogen) atoms. The highest BCUT2D eigenvalue weighted by Gasteiger charge is 2.76. The summed E-state index contributed by atoms with van der Waals surface area (Å²) in [6.45, 7) is 5.89. The molecule has 5 saturated carbocycles. The summed E-state index contributed by atoms with van der Waals surface area (Å²) in [5, 5.41) is 0. The third-order valence-electron chi connectivity index (χ3n) is 9.92. The van der Waals surface area contributed by atoms with Crippen molar-refractivity contribution in [2.75, 3.05) is 0 Å². The van der Waals surface area contributed by atoms with E-state index in [0.29, 0.717) is 11.7 Å². The predicted octanol–water partition coefficient (Wildman–Crippen LogP) is 4.78. The third kappa shape index (κ3) is 2.12. The fraction of sp³-hybridized carbons (Fsp3) is 0.913. The summed E-state index contributed by atoms with van der Waals surface area (Å²) < 4.78 is 5.54. The number of fused-ring (bicyclic) bond motifs is 7.